The maximum atomic E-state index is 9.54. The van der Waals surface area contributed by atoms with Crippen molar-refractivity contribution in [2.45, 2.75) is 73.3 Å². The number of aryl methyl sites for hydroxylation is 1. The molecule has 0 amide bonds. The first-order chi connectivity index (χ1) is 9.81. The van der Waals surface area contributed by atoms with Crippen LogP contribution in [0, 0.1) is 49.4 Å². The number of nitriles is 1. The highest BCUT2D eigenvalue weighted by Gasteiger charge is 2.39. The highest BCUT2D eigenvalue weighted by Crippen LogP contribution is 2.46. The SMILES string of the molecule is CCC(C)(C)C1CCC(C#N)C(n2nc(C)c(C)c2C)C1. The highest BCUT2D eigenvalue weighted by atomic mass is 15.3. The summed E-state index contributed by atoms with van der Waals surface area (Å²) < 4.78 is 2.15. The third kappa shape index (κ3) is 2.86. The van der Waals surface area contributed by atoms with Crippen LogP contribution in [-0.4, -0.2) is 9.78 Å². The van der Waals surface area contributed by atoms with Gasteiger partial charge in [-0.2, -0.15) is 10.4 Å². The molecule has 116 valence electrons. The van der Waals surface area contributed by atoms with E-state index in [4.69, 9.17) is 5.10 Å². The number of rotatable bonds is 3. The lowest BCUT2D eigenvalue weighted by molar-refractivity contribution is 0.0982. The van der Waals surface area contributed by atoms with E-state index < -0.39 is 0 Å². The van der Waals surface area contributed by atoms with Crippen LogP contribution in [0.5, 0.6) is 0 Å². The van der Waals surface area contributed by atoms with Crippen molar-refractivity contribution >= 4 is 0 Å². The van der Waals surface area contributed by atoms with E-state index in [9.17, 15) is 5.26 Å². The van der Waals surface area contributed by atoms with Gasteiger partial charge >= 0.3 is 0 Å². The Morgan fingerprint density at radius 3 is 2.43 bits per heavy atom. The third-order valence-corrected chi connectivity index (χ3v) is 6.00. The normalized spacial score (nSPS) is 26.6. The maximum Gasteiger partial charge on any atom is 0.0688 e. The van der Waals surface area contributed by atoms with Crippen LogP contribution in [0.3, 0.4) is 0 Å². The smallest absolute Gasteiger partial charge is 0.0688 e. The molecule has 1 aromatic rings. The van der Waals surface area contributed by atoms with Gasteiger partial charge in [-0.3, -0.25) is 4.68 Å². The molecule has 0 radical (unpaired) electrons. The third-order valence-electron chi connectivity index (χ3n) is 6.00. The second-order valence-electron chi connectivity index (χ2n) is 7.40. The molecule has 1 aliphatic rings. The predicted octanol–water partition coefficient (Wildman–Crippen LogP) is 4.73. The van der Waals surface area contributed by atoms with Crippen molar-refractivity contribution in [2.24, 2.45) is 17.3 Å². The second-order valence-corrected chi connectivity index (χ2v) is 7.40. The van der Waals surface area contributed by atoms with Gasteiger partial charge in [0.05, 0.1) is 23.7 Å². The van der Waals surface area contributed by atoms with Crippen molar-refractivity contribution in [2.75, 3.05) is 0 Å². The van der Waals surface area contributed by atoms with Crippen LogP contribution in [0.4, 0.5) is 0 Å². The molecule has 3 unspecified atom stereocenters. The molecule has 1 saturated carbocycles. The predicted molar refractivity (Wildman–Crippen MR) is 86.0 cm³/mol. The zero-order valence-electron chi connectivity index (χ0n) is 14.4. The van der Waals surface area contributed by atoms with Crippen LogP contribution in [0.15, 0.2) is 0 Å². The standard InChI is InChI=1S/C18H29N3/c1-7-18(5,6)16-9-8-15(11-19)17(10-16)21-14(4)12(2)13(3)20-21/h15-17H,7-10H2,1-6H3. The molecule has 0 saturated heterocycles. The van der Waals surface area contributed by atoms with Crippen LogP contribution >= 0.6 is 0 Å². The fourth-order valence-electron chi connectivity index (χ4n) is 3.63. The minimum absolute atomic E-state index is 0.103. The summed E-state index contributed by atoms with van der Waals surface area (Å²) in [6, 6.07) is 2.78. The Morgan fingerprint density at radius 1 is 1.29 bits per heavy atom. The fraction of sp³-hybridized carbons (Fsp3) is 0.778. The van der Waals surface area contributed by atoms with Crippen molar-refractivity contribution in [3.05, 3.63) is 17.0 Å². The number of hydrogen-bond acceptors (Lipinski definition) is 2. The first-order valence-corrected chi connectivity index (χ1v) is 8.23. The summed E-state index contributed by atoms with van der Waals surface area (Å²) in [6.07, 6.45) is 4.46. The Kier molecular flexibility index (Phi) is 4.46. The van der Waals surface area contributed by atoms with Gasteiger partial charge in [-0.25, -0.2) is 0 Å². The van der Waals surface area contributed by atoms with Crippen molar-refractivity contribution in [1.82, 2.24) is 9.78 Å². The van der Waals surface area contributed by atoms with E-state index in [1.807, 2.05) is 0 Å². The molecule has 3 atom stereocenters. The van der Waals surface area contributed by atoms with Crippen LogP contribution in [0.1, 0.15) is 69.4 Å². The van der Waals surface area contributed by atoms with E-state index in [1.54, 1.807) is 0 Å². The monoisotopic (exact) mass is 287 g/mol. The Bertz CT molecular complexity index is 548. The minimum atomic E-state index is 0.103. The van der Waals surface area contributed by atoms with Gasteiger partial charge in [0, 0.05) is 5.69 Å². The Morgan fingerprint density at radius 2 is 1.95 bits per heavy atom. The number of hydrogen-bond donors (Lipinski definition) is 0. The lowest BCUT2D eigenvalue weighted by Gasteiger charge is -2.41. The largest absolute Gasteiger partial charge is 0.265 e. The zero-order chi connectivity index (χ0) is 15.8. The molecule has 0 spiro atoms. The Balaban J connectivity index is 2.34. The summed E-state index contributed by atoms with van der Waals surface area (Å²) >= 11 is 0. The van der Waals surface area contributed by atoms with E-state index in [0.29, 0.717) is 11.3 Å². The lowest BCUT2D eigenvalue weighted by atomic mass is 9.66. The van der Waals surface area contributed by atoms with E-state index in [1.165, 1.54) is 24.1 Å². The molecule has 0 aliphatic heterocycles. The first-order valence-electron chi connectivity index (χ1n) is 8.23. The number of nitrogens with zero attached hydrogens (tertiary/aromatic N) is 3. The molecule has 0 bridgehead atoms. The summed E-state index contributed by atoms with van der Waals surface area (Å²) in [7, 11) is 0. The lowest BCUT2D eigenvalue weighted by Crippen LogP contribution is -2.34. The molecular weight excluding hydrogens is 258 g/mol. The van der Waals surface area contributed by atoms with Crippen molar-refractivity contribution in [3.8, 4) is 6.07 Å². The van der Waals surface area contributed by atoms with Gasteiger partial charge < -0.3 is 0 Å². The Labute approximate surface area is 129 Å². The van der Waals surface area contributed by atoms with Gasteiger partial charge in [-0.15, -0.1) is 0 Å². The second kappa shape index (κ2) is 5.83. The van der Waals surface area contributed by atoms with Crippen molar-refractivity contribution < 1.29 is 0 Å². The quantitative estimate of drug-likeness (QED) is 0.806. The molecule has 1 aliphatic carbocycles. The average molecular weight is 287 g/mol. The molecule has 1 fully saturated rings. The number of aromatic nitrogens is 2. The van der Waals surface area contributed by atoms with Crippen LogP contribution in [-0.2, 0) is 0 Å². The molecule has 1 aromatic heterocycles. The molecule has 3 nitrogen and oxygen atoms in total. The van der Waals surface area contributed by atoms with Gasteiger partial charge in [0.25, 0.3) is 0 Å². The summed E-state index contributed by atoms with van der Waals surface area (Å²) in [5, 5.41) is 14.3. The Hall–Kier alpha value is -1.30. The molecular formula is C18H29N3. The topological polar surface area (TPSA) is 41.6 Å². The summed E-state index contributed by atoms with van der Waals surface area (Å²) in [6.45, 7) is 13.3. The van der Waals surface area contributed by atoms with E-state index in [-0.39, 0.29) is 12.0 Å². The minimum Gasteiger partial charge on any atom is -0.265 e. The van der Waals surface area contributed by atoms with Gasteiger partial charge in [-0.1, -0.05) is 27.2 Å². The fourth-order valence-corrected chi connectivity index (χ4v) is 3.63. The summed E-state index contributed by atoms with van der Waals surface area (Å²) in [4.78, 5) is 0. The van der Waals surface area contributed by atoms with Gasteiger partial charge in [0.15, 0.2) is 0 Å². The molecule has 0 N–H and O–H groups in total. The van der Waals surface area contributed by atoms with Crippen LogP contribution in [0.25, 0.3) is 0 Å². The zero-order valence-corrected chi connectivity index (χ0v) is 14.4. The first kappa shape index (κ1) is 16.1. The van der Waals surface area contributed by atoms with Crippen LogP contribution in [0.2, 0.25) is 0 Å². The van der Waals surface area contributed by atoms with Gasteiger partial charge in [0.2, 0.25) is 0 Å². The van der Waals surface area contributed by atoms with Gasteiger partial charge in [0.1, 0.15) is 0 Å². The van der Waals surface area contributed by atoms with Crippen molar-refractivity contribution in [3.63, 3.8) is 0 Å². The maximum absolute atomic E-state index is 9.54. The summed E-state index contributed by atoms with van der Waals surface area (Å²) in [5.41, 5.74) is 3.95. The summed E-state index contributed by atoms with van der Waals surface area (Å²) in [5.74, 6) is 0.785. The van der Waals surface area contributed by atoms with Crippen molar-refractivity contribution in [1.29, 1.82) is 5.26 Å². The average Bonchev–Trinajstić information content (AvgIpc) is 2.74. The van der Waals surface area contributed by atoms with E-state index in [2.05, 4.69) is 52.3 Å². The molecule has 2 rings (SSSR count). The molecule has 21 heavy (non-hydrogen) atoms. The highest BCUT2D eigenvalue weighted by molar-refractivity contribution is 5.23. The molecule has 1 heterocycles. The van der Waals surface area contributed by atoms with Crippen LogP contribution < -0.4 is 0 Å². The van der Waals surface area contributed by atoms with E-state index >= 15 is 0 Å². The molecule has 0 aromatic carbocycles. The molecule has 3 heteroatoms. The van der Waals surface area contributed by atoms with Gasteiger partial charge in [-0.05, 0) is 56.9 Å². The van der Waals surface area contributed by atoms with E-state index in [0.717, 1.165) is 18.5 Å².